The van der Waals surface area contributed by atoms with Crippen LogP contribution in [-0.2, 0) is 0 Å². The zero-order chi connectivity index (χ0) is 11.8. The van der Waals surface area contributed by atoms with E-state index in [0.717, 1.165) is 5.56 Å². The Morgan fingerprint density at radius 1 is 0.824 bits per heavy atom. The fourth-order valence-electron chi connectivity index (χ4n) is 1.29. The maximum Gasteiger partial charge on any atom is 0.0248 e. The number of thioether (sulfide) groups is 1. The molecule has 0 nitrogen and oxygen atoms in total. The van der Waals surface area contributed by atoms with Crippen molar-refractivity contribution in [2.24, 2.45) is 0 Å². The van der Waals surface area contributed by atoms with Crippen LogP contribution in [0.4, 0.5) is 0 Å². The molecule has 0 radical (unpaired) electrons. The molecule has 0 aliphatic rings. The molecule has 82 valence electrons. The van der Waals surface area contributed by atoms with Crippen LogP contribution in [0.25, 0.3) is 0 Å². The molecule has 0 fully saturated rings. The van der Waals surface area contributed by atoms with Crippen LogP contribution in [-0.4, -0.2) is 0 Å². The minimum atomic E-state index is 1.04. The summed E-state index contributed by atoms with van der Waals surface area (Å²) < 4.78 is 0. The van der Waals surface area contributed by atoms with Gasteiger partial charge in [0.05, 0.1) is 0 Å². The van der Waals surface area contributed by atoms with Crippen LogP contribution in [0.1, 0.15) is 5.56 Å². The topological polar surface area (TPSA) is 0 Å². The molecule has 0 unspecified atom stereocenters. The highest BCUT2D eigenvalue weighted by Gasteiger charge is 1.85. The van der Waals surface area contributed by atoms with Crippen molar-refractivity contribution in [3.63, 3.8) is 0 Å². The molecule has 2 aromatic rings. The molecule has 0 bridgehead atoms. The Balaban J connectivity index is 1.89. The Bertz CT molecular complexity index is 530. The lowest BCUT2D eigenvalue weighted by atomic mass is 10.2. The second-order valence-corrected chi connectivity index (χ2v) is 4.35. The van der Waals surface area contributed by atoms with Gasteiger partial charge in [-0.15, -0.1) is 0 Å². The summed E-state index contributed by atoms with van der Waals surface area (Å²) in [7, 11) is 0. The fraction of sp³-hybridized carbons (Fsp3) is 0. The van der Waals surface area contributed by atoms with Gasteiger partial charge in [-0.25, -0.2) is 0 Å². The SMILES string of the molecule is C(#Cc1ccccc1)/C=C/Sc1ccccc1. The highest BCUT2D eigenvalue weighted by Crippen LogP contribution is 2.17. The zero-order valence-electron chi connectivity index (χ0n) is 9.34. The molecule has 0 saturated carbocycles. The Labute approximate surface area is 106 Å². The second-order valence-electron chi connectivity index (χ2n) is 3.37. The van der Waals surface area contributed by atoms with Gasteiger partial charge < -0.3 is 0 Å². The predicted octanol–water partition coefficient (Wildman–Crippen LogP) is 4.34. The zero-order valence-corrected chi connectivity index (χ0v) is 10.2. The molecular formula is C16H12S. The third-order valence-electron chi connectivity index (χ3n) is 2.09. The summed E-state index contributed by atoms with van der Waals surface area (Å²) in [4.78, 5) is 1.23. The Hall–Kier alpha value is -1.91. The lowest BCUT2D eigenvalue weighted by Gasteiger charge is -1.91. The van der Waals surface area contributed by atoms with Gasteiger partial charge in [-0.1, -0.05) is 60.0 Å². The first kappa shape index (κ1) is 11.6. The lowest BCUT2D eigenvalue weighted by Crippen LogP contribution is -1.68. The van der Waals surface area contributed by atoms with Gasteiger partial charge in [0.2, 0.25) is 0 Å². The largest absolute Gasteiger partial charge is 0.0974 e. The average Bonchev–Trinajstić information content (AvgIpc) is 2.41. The molecule has 0 aromatic heterocycles. The maximum absolute atomic E-state index is 3.08. The van der Waals surface area contributed by atoms with E-state index in [1.165, 1.54) is 4.90 Å². The Morgan fingerprint density at radius 3 is 2.18 bits per heavy atom. The van der Waals surface area contributed by atoms with Crippen LogP contribution < -0.4 is 0 Å². The second kappa shape index (κ2) is 6.62. The van der Waals surface area contributed by atoms with Crippen LogP contribution in [0, 0.1) is 11.8 Å². The standard InChI is InChI=1S/C16H12S/c1-3-9-15(10-4-1)11-7-8-14-17-16-12-5-2-6-13-16/h1-6,8-10,12-14H/b14-8+. The van der Waals surface area contributed by atoms with E-state index in [9.17, 15) is 0 Å². The molecule has 0 atom stereocenters. The van der Waals surface area contributed by atoms with Crippen molar-refractivity contribution >= 4 is 11.8 Å². The molecule has 0 spiro atoms. The van der Waals surface area contributed by atoms with Crippen LogP contribution in [0.3, 0.4) is 0 Å². The molecular weight excluding hydrogens is 224 g/mol. The van der Waals surface area contributed by atoms with E-state index in [1.54, 1.807) is 11.8 Å². The maximum atomic E-state index is 3.08. The highest BCUT2D eigenvalue weighted by molar-refractivity contribution is 8.02. The van der Waals surface area contributed by atoms with E-state index in [0.29, 0.717) is 0 Å². The van der Waals surface area contributed by atoms with Crippen molar-refractivity contribution in [1.29, 1.82) is 0 Å². The molecule has 0 aliphatic carbocycles. The van der Waals surface area contributed by atoms with E-state index in [4.69, 9.17) is 0 Å². The fourth-order valence-corrected chi connectivity index (χ4v) is 1.90. The first-order valence-electron chi connectivity index (χ1n) is 5.38. The lowest BCUT2D eigenvalue weighted by molar-refractivity contribution is 1.47. The molecule has 1 heteroatoms. The van der Waals surface area contributed by atoms with Gasteiger partial charge in [0, 0.05) is 10.5 Å². The monoisotopic (exact) mass is 236 g/mol. The highest BCUT2D eigenvalue weighted by atomic mass is 32.2. The summed E-state index contributed by atoms with van der Waals surface area (Å²) in [6.07, 6.45) is 1.88. The third-order valence-corrected chi connectivity index (χ3v) is 2.91. The van der Waals surface area contributed by atoms with Gasteiger partial charge in [-0.2, -0.15) is 0 Å². The minimum absolute atomic E-state index is 1.04. The quantitative estimate of drug-likeness (QED) is 0.552. The third kappa shape index (κ3) is 4.22. The summed E-state index contributed by atoms with van der Waals surface area (Å²) in [5.41, 5.74) is 1.04. The van der Waals surface area contributed by atoms with Gasteiger partial charge in [0.25, 0.3) is 0 Å². The molecule has 0 amide bonds. The van der Waals surface area contributed by atoms with Crippen molar-refractivity contribution < 1.29 is 0 Å². The Morgan fingerprint density at radius 2 is 1.47 bits per heavy atom. The van der Waals surface area contributed by atoms with Gasteiger partial charge in [-0.3, -0.25) is 0 Å². The van der Waals surface area contributed by atoms with Crippen LogP contribution in [0.15, 0.2) is 77.0 Å². The Kier molecular flexibility index (Phi) is 4.51. The van der Waals surface area contributed by atoms with E-state index in [1.807, 2.05) is 60.0 Å². The van der Waals surface area contributed by atoms with Crippen molar-refractivity contribution in [3.8, 4) is 11.8 Å². The number of rotatable bonds is 2. The van der Waals surface area contributed by atoms with Crippen LogP contribution in [0.5, 0.6) is 0 Å². The van der Waals surface area contributed by atoms with Gasteiger partial charge in [0.15, 0.2) is 0 Å². The molecule has 0 heterocycles. The van der Waals surface area contributed by atoms with Gasteiger partial charge >= 0.3 is 0 Å². The summed E-state index contributed by atoms with van der Waals surface area (Å²) in [6, 6.07) is 20.2. The molecule has 2 rings (SSSR count). The van der Waals surface area contributed by atoms with E-state index < -0.39 is 0 Å². The first-order chi connectivity index (χ1) is 8.45. The number of hydrogen-bond acceptors (Lipinski definition) is 1. The minimum Gasteiger partial charge on any atom is -0.0974 e. The van der Waals surface area contributed by atoms with Gasteiger partial charge in [-0.05, 0) is 35.7 Å². The summed E-state index contributed by atoms with van der Waals surface area (Å²) in [6.45, 7) is 0. The summed E-state index contributed by atoms with van der Waals surface area (Å²) in [5, 5.41) is 2.01. The molecule has 0 N–H and O–H groups in total. The normalized spacial score (nSPS) is 9.88. The van der Waals surface area contributed by atoms with Crippen molar-refractivity contribution in [1.82, 2.24) is 0 Å². The van der Waals surface area contributed by atoms with Crippen molar-refractivity contribution in [3.05, 3.63) is 77.7 Å². The average molecular weight is 236 g/mol. The molecule has 0 aliphatic heterocycles. The van der Waals surface area contributed by atoms with Gasteiger partial charge in [0.1, 0.15) is 0 Å². The summed E-state index contributed by atoms with van der Waals surface area (Å²) in [5.74, 6) is 6.10. The number of benzene rings is 2. The van der Waals surface area contributed by atoms with Crippen LogP contribution >= 0.6 is 11.8 Å². The molecule has 0 saturated heterocycles. The predicted molar refractivity (Wildman–Crippen MR) is 74.8 cm³/mol. The summed E-state index contributed by atoms with van der Waals surface area (Å²) >= 11 is 1.67. The first-order valence-corrected chi connectivity index (χ1v) is 6.26. The molecule has 2 aromatic carbocycles. The molecule has 17 heavy (non-hydrogen) atoms. The number of hydrogen-bond donors (Lipinski definition) is 0. The van der Waals surface area contributed by atoms with Crippen molar-refractivity contribution in [2.75, 3.05) is 0 Å². The van der Waals surface area contributed by atoms with Crippen LogP contribution in [0.2, 0.25) is 0 Å². The van der Waals surface area contributed by atoms with E-state index in [2.05, 4.69) is 24.0 Å². The smallest absolute Gasteiger partial charge is 0.0248 e. The van der Waals surface area contributed by atoms with Crippen molar-refractivity contribution in [2.45, 2.75) is 4.90 Å². The van der Waals surface area contributed by atoms with E-state index in [-0.39, 0.29) is 0 Å². The van der Waals surface area contributed by atoms with E-state index >= 15 is 0 Å². The number of allylic oxidation sites excluding steroid dienone is 1.